The quantitative estimate of drug-likeness (QED) is 0.660. The lowest BCUT2D eigenvalue weighted by atomic mass is 9.75. The molecule has 1 aromatic carbocycles. The summed E-state index contributed by atoms with van der Waals surface area (Å²) in [5.74, 6) is 0.266. The molecule has 1 saturated carbocycles. The normalized spacial score (nSPS) is 23.8. The standard InChI is InChI=1S/C19H27NO4/c1-12(2)14-9-8-13(3)10-17(14)24-18(21)11-23-19(22)15-6-4-5-7-16(15)20/h4-7,12-14,17H,8-11,20H2,1-3H3/t13-,14+,17+/m0/s1. The summed E-state index contributed by atoms with van der Waals surface area (Å²) in [5, 5.41) is 0. The first-order valence-electron chi connectivity index (χ1n) is 8.59. The summed E-state index contributed by atoms with van der Waals surface area (Å²) in [6.07, 6.45) is 3.01. The number of nitrogens with two attached hydrogens (primary N) is 1. The van der Waals surface area contributed by atoms with Crippen LogP contribution in [0, 0.1) is 17.8 Å². The van der Waals surface area contributed by atoms with Gasteiger partial charge in [-0.1, -0.05) is 39.3 Å². The van der Waals surface area contributed by atoms with Gasteiger partial charge in [0.1, 0.15) is 6.10 Å². The maximum absolute atomic E-state index is 12.1. The van der Waals surface area contributed by atoms with Gasteiger partial charge in [0.05, 0.1) is 5.56 Å². The van der Waals surface area contributed by atoms with E-state index >= 15 is 0 Å². The summed E-state index contributed by atoms with van der Waals surface area (Å²) < 4.78 is 10.6. The number of carbonyl (C=O) groups is 2. The number of carbonyl (C=O) groups excluding carboxylic acids is 2. The average Bonchev–Trinajstić information content (AvgIpc) is 2.53. The lowest BCUT2D eigenvalue weighted by Gasteiger charge is -2.36. The molecule has 1 aromatic rings. The van der Waals surface area contributed by atoms with Gasteiger partial charge in [0, 0.05) is 5.69 Å². The number of esters is 2. The summed E-state index contributed by atoms with van der Waals surface area (Å²) in [6.45, 7) is 6.10. The number of hydrogen-bond donors (Lipinski definition) is 1. The van der Waals surface area contributed by atoms with E-state index < -0.39 is 11.9 Å². The highest BCUT2D eigenvalue weighted by Crippen LogP contribution is 2.35. The van der Waals surface area contributed by atoms with E-state index in [0.717, 1.165) is 12.8 Å². The van der Waals surface area contributed by atoms with Crippen molar-refractivity contribution in [3.63, 3.8) is 0 Å². The molecule has 0 heterocycles. The highest BCUT2D eigenvalue weighted by Gasteiger charge is 2.33. The third-order valence-electron chi connectivity index (χ3n) is 4.75. The van der Waals surface area contributed by atoms with Crippen LogP contribution in [-0.4, -0.2) is 24.6 Å². The van der Waals surface area contributed by atoms with Crippen LogP contribution < -0.4 is 5.73 Å². The maximum Gasteiger partial charge on any atom is 0.344 e. The van der Waals surface area contributed by atoms with E-state index in [1.54, 1.807) is 24.3 Å². The Morgan fingerprint density at radius 1 is 1.25 bits per heavy atom. The van der Waals surface area contributed by atoms with Gasteiger partial charge in [-0.15, -0.1) is 0 Å². The van der Waals surface area contributed by atoms with Crippen LogP contribution in [0.1, 0.15) is 50.4 Å². The molecule has 1 aliphatic rings. The predicted molar refractivity (Wildman–Crippen MR) is 92.4 cm³/mol. The van der Waals surface area contributed by atoms with Crippen molar-refractivity contribution >= 4 is 17.6 Å². The fourth-order valence-electron chi connectivity index (χ4n) is 3.34. The van der Waals surface area contributed by atoms with E-state index in [1.807, 2.05) is 0 Å². The number of nitrogen functional groups attached to an aromatic ring is 1. The molecular formula is C19H27NO4. The van der Waals surface area contributed by atoms with Crippen molar-refractivity contribution in [3.05, 3.63) is 29.8 Å². The largest absolute Gasteiger partial charge is 0.460 e. The molecule has 0 aliphatic heterocycles. The molecule has 0 aromatic heterocycles. The zero-order chi connectivity index (χ0) is 17.7. The first kappa shape index (κ1) is 18.3. The molecule has 0 amide bonds. The first-order chi connectivity index (χ1) is 11.4. The Balaban J connectivity index is 1.88. The van der Waals surface area contributed by atoms with Crippen LogP contribution in [0.5, 0.6) is 0 Å². The van der Waals surface area contributed by atoms with Crippen molar-refractivity contribution in [2.24, 2.45) is 17.8 Å². The Bertz CT molecular complexity index is 584. The van der Waals surface area contributed by atoms with E-state index in [4.69, 9.17) is 15.2 Å². The van der Waals surface area contributed by atoms with Crippen LogP contribution in [0.25, 0.3) is 0 Å². The summed E-state index contributed by atoms with van der Waals surface area (Å²) in [4.78, 5) is 24.1. The van der Waals surface area contributed by atoms with E-state index in [-0.39, 0.29) is 18.3 Å². The molecule has 2 rings (SSSR count). The van der Waals surface area contributed by atoms with Crippen LogP contribution >= 0.6 is 0 Å². The SMILES string of the molecule is CC(C)[C@H]1CC[C@H](C)C[C@H]1OC(=O)COC(=O)c1ccccc1N. The number of ether oxygens (including phenoxy) is 2. The van der Waals surface area contributed by atoms with Crippen molar-refractivity contribution in [1.82, 2.24) is 0 Å². The van der Waals surface area contributed by atoms with E-state index in [2.05, 4.69) is 20.8 Å². The Kier molecular flexibility index (Phi) is 6.23. The molecule has 1 aliphatic carbocycles. The Labute approximate surface area is 143 Å². The minimum Gasteiger partial charge on any atom is -0.460 e. The van der Waals surface area contributed by atoms with Gasteiger partial charge in [0.2, 0.25) is 0 Å². The van der Waals surface area contributed by atoms with Gasteiger partial charge in [0.15, 0.2) is 6.61 Å². The molecule has 5 heteroatoms. The van der Waals surface area contributed by atoms with Crippen LogP contribution in [-0.2, 0) is 14.3 Å². The van der Waals surface area contributed by atoms with Crippen LogP contribution in [0.3, 0.4) is 0 Å². The highest BCUT2D eigenvalue weighted by molar-refractivity contribution is 5.95. The van der Waals surface area contributed by atoms with Gasteiger partial charge in [0.25, 0.3) is 0 Å². The van der Waals surface area contributed by atoms with Crippen molar-refractivity contribution in [1.29, 1.82) is 0 Å². The first-order valence-corrected chi connectivity index (χ1v) is 8.59. The lowest BCUT2D eigenvalue weighted by molar-refractivity contribution is -0.159. The number of hydrogen-bond acceptors (Lipinski definition) is 5. The minimum atomic E-state index is -0.609. The number of rotatable bonds is 5. The van der Waals surface area contributed by atoms with Crippen molar-refractivity contribution in [2.45, 2.75) is 46.1 Å². The zero-order valence-corrected chi connectivity index (χ0v) is 14.7. The van der Waals surface area contributed by atoms with E-state index in [0.29, 0.717) is 23.4 Å². The van der Waals surface area contributed by atoms with E-state index in [1.165, 1.54) is 6.42 Å². The Hall–Kier alpha value is -2.04. The van der Waals surface area contributed by atoms with Crippen LogP contribution in [0.15, 0.2) is 24.3 Å². The van der Waals surface area contributed by atoms with Gasteiger partial charge < -0.3 is 15.2 Å². The molecule has 1 fully saturated rings. The Morgan fingerprint density at radius 3 is 2.62 bits per heavy atom. The molecule has 0 radical (unpaired) electrons. The molecule has 0 saturated heterocycles. The van der Waals surface area contributed by atoms with Gasteiger partial charge in [-0.05, 0) is 42.7 Å². The highest BCUT2D eigenvalue weighted by atomic mass is 16.6. The monoisotopic (exact) mass is 333 g/mol. The fourth-order valence-corrected chi connectivity index (χ4v) is 3.34. The van der Waals surface area contributed by atoms with Crippen LogP contribution in [0.2, 0.25) is 0 Å². The van der Waals surface area contributed by atoms with Gasteiger partial charge in [-0.3, -0.25) is 0 Å². The minimum absolute atomic E-state index is 0.0956. The number of para-hydroxylation sites is 1. The summed E-state index contributed by atoms with van der Waals surface area (Å²) in [6, 6.07) is 6.62. The molecule has 24 heavy (non-hydrogen) atoms. The van der Waals surface area contributed by atoms with Gasteiger partial charge in [-0.2, -0.15) is 0 Å². The van der Waals surface area contributed by atoms with Crippen molar-refractivity contribution in [3.8, 4) is 0 Å². The summed E-state index contributed by atoms with van der Waals surface area (Å²) in [5.41, 5.74) is 6.32. The molecule has 5 nitrogen and oxygen atoms in total. The second kappa shape index (κ2) is 8.18. The fraction of sp³-hybridized carbons (Fsp3) is 0.579. The molecule has 0 bridgehead atoms. The molecular weight excluding hydrogens is 306 g/mol. The lowest BCUT2D eigenvalue weighted by Crippen LogP contribution is -2.36. The summed E-state index contributed by atoms with van der Waals surface area (Å²) >= 11 is 0. The zero-order valence-electron chi connectivity index (χ0n) is 14.7. The van der Waals surface area contributed by atoms with E-state index in [9.17, 15) is 9.59 Å². The maximum atomic E-state index is 12.1. The van der Waals surface area contributed by atoms with Crippen molar-refractivity contribution in [2.75, 3.05) is 12.3 Å². The summed E-state index contributed by atoms with van der Waals surface area (Å²) in [7, 11) is 0. The average molecular weight is 333 g/mol. The van der Waals surface area contributed by atoms with Gasteiger partial charge >= 0.3 is 11.9 Å². The van der Waals surface area contributed by atoms with Gasteiger partial charge in [-0.25, -0.2) is 9.59 Å². The topological polar surface area (TPSA) is 78.6 Å². The molecule has 0 unspecified atom stereocenters. The predicted octanol–water partition coefficient (Wildman–Crippen LogP) is 3.43. The second-order valence-corrected chi connectivity index (χ2v) is 7.02. The molecule has 3 atom stereocenters. The third kappa shape index (κ3) is 4.73. The Morgan fingerprint density at radius 2 is 1.96 bits per heavy atom. The second-order valence-electron chi connectivity index (χ2n) is 7.02. The van der Waals surface area contributed by atoms with Crippen LogP contribution in [0.4, 0.5) is 5.69 Å². The molecule has 132 valence electrons. The number of benzene rings is 1. The van der Waals surface area contributed by atoms with Crippen molar-refractivity contribution < 1.29 is 19.1 Å². The third-order valence-corrected chi connectivity index (χ3v) is 4.75. The molecule has 0 spiro atoms. The molecule has 2 N–H and O–H groups in total. The number of anilines is 1. The smallest absolute Gasteiger partial charge is 0.344 e.